The standard InChI is InChI=1S/C23H34N2O3/c1-18-14-20(27-2)6-5-19(18)15-24-11-9-23(10-12-24)8-7-22(26)25(17-23)16-21-4-3-13-28-21/h5-6,14,21H,3-4,7-13,15-17H2,1-2H3/t21-/m0/s1. The number of likely N-dealkylation sites (tertiary alicyclic amines) is 2. The van der Waals surface area contributed by atoms with Crippen LogP contribution in [0.5, 0.6) is 5.75 Å². The van der Waals surface area contributed by atoms with Crippen LogP contribution in [-0.2, 0) is 16.1 Å². The van der Waals surface area contributed by atoms with Crippen molar-refractivity contribution < 1.29 is 14.3 Å². The Morgan fingerprint density at radius 2 is 2.07 bits per heavy atom. The van der Waals surface area contributed by atoms with Gasteiger partial charge < -0.3 is 14.4 Å². The lowest BCUT2D eigenvalue weighted by atomic mass is 9.72. The number of hydrogen-bond acceptors (Lipinski definition) is 4. The molecule has 0 unspecified atom stereocenters. The highest BCUT2D eigenvalue weighted by atomic mass is 16.5. The minimum Gasteiger partial charge on any atom is -0.497 e. The van der Waals surface area contributed by atoms with Gasteiger partial charge in [0.15, 0.2) is 0 Å². The Morgan fingerprint density at radius 3 is 2.75 bits per heavy atom. The molecule has 3 aliphatic rings. The second-order valence-corrected chi connectivity index (χ2v) is 8.98. The van der Waals surface area contributed by atoms with Crippen molar-refractivity contribution in [1.82, 2.24) is 9.80 Å². The first kappa shape index (κ1) is 19.7. The van der Waals surface area contributed by atoms with Crippen LogP contribution in [0.2, 0.25) is 0 Å². The maximum absolute atomic E-state index is 12.5. The van der Waals surface area contributed by atoms with Gasteiger partial charge in [-0.15, -0.1) is 0 Å². The lowest BCUT2D eigenvalue weighted by molar-refractivity contribution is -0.141. The van der Waals surface area contributed by atoms with Gasteiger partial charge in [-0.25, -0.2) is 0 Å². The molecule has 1 spiro atoms. The second kappa shape index (κ2) is 8.42. The summed E-state index contributed by atoms with van der Waals surface area (Å²) in [6.45, 7) is 8.00. The molecule has 0 aliphatic carbocycles. The van der Waals surface area contributed by atoms with Crippen LogP contribution in [0.1, 0.15) is 49.7 Å². The number of hydrogen-bond donors (Lipinski definition) is 0. The van der Waals surface area contributed by atoms with Crippen molar-refractivity contribution in [2.24, 2.45) is 5.41 Å². The molecule has 28 heavy (non-hydrogen) atoms. The van der Waals surface area contributed by atoms with Gasteiger partial charge in [-0.05, 0) is 80.8 Å². The van der Waals surface area contributed by atoms with Gasteiger partial charge in [-0.3, -0.25) is 9.69 Å². The number of methoxy groups -OCH3 is 1. The molecule has 0 N–H and O–H groups in total. The van der Waals surface area contributed by atoms with E-state index in [0.29, 0.717) is 17.7 Å². The first-order chi connectivity index (χ1) is 13.6. The van der Waals surface area contributed by atoms with Crippen LogP contribution in [0.4, 0.5) is 0 Å². The lowest BCUT2D eigenvalue weighted by Crippen LogP contribution is -2.52. The van der Waals surface area contributed by atoms with E-state index in [0.717, 1.165) is 64.3 Å². The van der Waals surface area contributed by atoms with Gasteiger partial charge in [-0.2, -0.15) is 0 Å². The third kappa shape index (κ3) is 4.36. The van der Waals surface area contributed by atoms with Crippen LogP contribution in [0.15, 0.2) is 18.2 Å². The summed E-state index contributed by atoms with van der Waals surface area (Å²) in [6, 6.07) is 6.38. The van der Waals surface area contributed by atoms with E-state index in [1.54, 1.807) is 7.11 Å². The number of carbonyl (C=O) groups excluding carboxylic acids is 1. The van der Waals surface area contributed by atoms with Crippen LogP contribution < -0.4 is 4.74 Å². The Bertz CT molecular complexity index is 691. The van der Waals surface area contributed by atoms with Crippen molar-refractivity contribution in [3.05, 3.63) is 29.3 Å². The van der Waals surface area contributed by atoms with Gasteiger partial charge in [0.2, 0.25) is 5.91 Å². The number of aryl methyl sites for hydroxylation is 1. The van der Waals surface area contributed by atoms with E-state index in [4.69, 9.17) is 9.47 Å². The molecule has 3 heterocycles. The molecular formula is C23H34N2O3. The first-order valence-corrected chi connectivity index (χ1v) is 10.8. The SMILES string of the molecule is COc1ccc(CN2CCC3(CCC(=O)N(C[C@@H]4CCCO4)C3)CC2)c(C)c1. The highest BCUT2D eigenvalue weighted by molar-refractivity contribution is 5.77. The number of nitrogens with zero attached hydrogens (tertiary/aromatic N) is 2. The zero-order valence-corrected chi connectivity index (χ0v) is 17.4. The van der Waals surface area contributed by atoms with Gasteiger partial charge in [0.25, 0.3) is 0 Å². The molecule has 3 aliphatic heterocycles. The predicted octanol–water partition coefficient (Wildman–Crippen LogP) is 3.39. The Kier molecular flexibility index (Phi) is 5.93. The van der Waals surface area contributed by atoms with Gasteiger partial charge in [0.1, 0.15) is 5.75 Å². The molecule has 0 aromatic heterocycles. The summed E-state index contributed by atoms with van der Waals surface area (Å²) in [5.74, 6) is 1.26. The van der Waals surface area contributed by atoms with Crippen molar-refractivity contribution in [2.45, 2.75) is 58.1 Å². The number of rotatable bonds is 5. The van der Waals surface area contributed by atoms with E-state index in [1.807, 2.05) is 0 Å². The predicted molar refractivity (Wildman–Crippen MR) is 109 cm³/mol. The van der Waals surface area contributed by atoms with Gasteiger partial charge in [-0.1, -0.05) is 6.07 Å². The van der Waals surface area contributed by atoms with E-state index in [2.05, 4.69) is 34.9 Å². The maximum Gasteiger partial charge on any atom is 0.222 e. The molecule has 1 amide bonds. The minimum atomic E-state index is 0.261. The minimum absolute atomic E-state index is 0.261. The summed E-state index contributed by atoms with van der Waals surface area (Å²) >= 11 is 0. The second-order valence-electron chi connectivity index (χ2n) is 8.98. The van der Waals surface area contributed by atoms with E-state index >= 15 is 0 Å². The molecule has 0 bridgehead atoms. The Balaban J connectivity index is 1.33. The summed E-state index contributed by atoms with van der Waals surface area (Å²) < 4.78 is 11.1. The largest absolute Gasteiger partial charge is 0.497 e. The fourth-order valence-electron chi connectivity index (χ4n) is 5.11. The fourth-order valence-corrected chi connectivity index (χ4v) is 5.11. The Morgan fingerprint density at radius 1 is 1.25 bits per heavy atom. The first-order valence-electron chi connectivity index (χ1n) is 10.8. The molecule has 1 atom stereocenters. The van der Waals surface area contributed by atoms with Gasteiger partial charge >= 0.3 is 0 Å². The van der Waals surface area contributed by atoms with Crippen molar-refractivity contribution >= 4 is 5.91 Å². The number of ether oxygens (including phenoxy) is 2. The smallest absolute Gasteiger partial charge is 0.222 e. The Labute approximate surface area is 169 Å². The summed E-state index contributed by atoms with van der Waals surface area (Å²) in [5.41, 5.74) is 3.00. The van der Waals surface area contributed by atoms with E-state index in [-0.39, 0.29) is 6.10 Å². The van der Waals surface area contributed by atoms with Crippen molar-refractivity contribution in [3.63, 3.8) is 0 Å². The molecule has 5 nitrogen and oxygen atoms in total. The fraction of sp³-hybridized carbons (Fsp3) is 0.696. The highest BCUT2D eigenvalue weighted by Gasteiger charge is 2.41. The molecule has 3 fully saturated rings. The summed E-state index contributed by atoms with van der Waals surface area (Å²) in [6.07, 6.45) is 6.66. The summed E-state index contributed by atoms with van der Waals surface area (Å²) in [5, 5.41) is 0. The number of carbonyl (C=O) groups is 1. The topological polar surface area (TPSA) is 42.0 Å². The highest BCUT2D eigenvalue weighted by Crippen LogP contribution is 2.41. The number of benzene rings is 1. The average molecular weight is 387 g/mol. The van der Waals surface area contributed by atoms with E-state index in [9.17, 15) is 4.79 Å². The molecule has 0 radical (unpaired) electrons. The molecule has 5 heteroatoms. The maximum atomic E-state index is 12.5. The summed E-state index contributed by atoms with van der Waals surface area (Å²) in [7, 11) is 1.72. The third-order valence-corrected chi connectivity index (χ3v) is 7.06. The van der Waals surface area contributed by atoms with Crippen LogP contribution >= 0.6 is 0 Å². The van der Waals surface area contributed by atoms with Crippen LogP contribution in [0.25, 0.3) is 0 Å². The Hall–Kier alpha value is -1.59. The lowest BCUT2D eigenvalue weighted by Gasteiger charge is -2.48. The number of piperidine rings is 2. The van der Waals surface area contributed by atoms with E-state index < -0.39 is 0 Å². The quantitative estimate of drug-likeness (QED) is 0.778. The van der Waals surface area contributed by atoms with Crippen molar-refractivity contribution in [3.8, 4) is 5.75 Å². The van der Waals surface area contributed by atoms with Crippen molar-refractivity contribution in [2.75, 3.05) is 39.9 Å². The molecular weight excluding hydrogens is 352 g/mol. The molecule has 3 saturated heterocycles. The van der Waals surface area contributed by atoms with E-state index in [1.165, 1.54) is 24.0 Å². The van der Waals surface area contributed by atoms with Crippen LogP contribution in [0, 0.1) is 12.3 Å². The molecule has 0 saturated carbocycles. The summed E-state index contributed by atoms with van der Waals surface area (Å²) in [4.78, 5) is 17.1. The molecule has 1 aromatic carbocycles. The zero-order valence-electron chi connectivity index (χ0n) is 17.4. The zero-order chi connectivity index (χ0) is 19.6. The van der Waals surface area contributed by atoms with Gasteiger partial charge in [0, 0.05) is 32.7 Å². The molecule has 154 valence electrons. The average Bonchev–Trinajstić information content (AvgIpc) is 3.21. The van der Waals surface area contributed by atoms with Crippen LogP contribution in [-0.4, -0.2) is 61.7 Å². The number of amides is 1. The molecule has 1 aromatic rings. The monoisotopic (exact) mass is 386 g/mol. The molecule has 4 rings (SSSR count). The van der Waals surface area contributed by atoms with Crippen molar-refractivity contribution in [1.29, 1.82) is 0 Å². The normalized spacial score (nSPS) is 25.4. The van der Waals surface area contributed by atoms with Gasteiger partial charge in [0.05, 0.1) is 13.2 Å². The third-order valence-electron chi connectivity index (χ3n) is 7.06. The van der Waals surface area contributed by atoms with Crippen LogP contribution in [0.3, 0.4) is 0 Å².